The monoisotopic (exact) mass is 151 g/mol. The molecule has 0 aromatic carbocycles. The van der Waals surface area contributed by atoms with Crippen molar-refractivity contribution in [1.82, 2.24) is 4.90 Å². The minimum absolute atomic E-state index is 0. The molecule has 0 saturated carbocycles. The first kappa shape index (κ1) is 7.58. The first-order valence-corrected chi connectivity index (χ1v) is 2.86. The molecule has 0 aromatic rings. The van der Waals surface area contributed by atoms with E-state index in [0.717, 1.165) is 12.8 Å². The van der Waals surface area contributed by atoms with Gasteiger partial charge in [0.25, 0.3) is 0 Å². The number of amides is 1. The first-order valence-electron chi connectivity index (χ1n) is 2.86. The zero-order chi connectivity index (χ0) is 5.56. The summed E-state index contributed by atoms with van der Waals surface area (Å²) in [5.41, 5.74) is 0. The fourth-order valence-electron chi connectivity index (χ4n) is 1.23. The molecule has 1 fully saturated rings. The number of rotatable bonds is 0. The molecule has 2 aliphatic heterocycles. The predicted octanol–water partition coefficient (Wildman–Crippen LogP) is 0.349. The van der Waals surface area contributed by atoms with Gasteiger partial charge in [0.15, 0.2) is 0 Å². The van der Waals surface area contributed by atoms with Gasteiger partial charge >= 0.3 is 37.7 Å². The molecule has 0 bridgehead atoms. The van der Waals surface area contributed by atoms with Crippen LogP contribution >= 0.6 is 0 Å². The van der Waals surface area contributed by atoms with Crippen LogP contribution in [0.2, 0.25) is 0 Å². The Balaban J connectivity index is 0. The normalized spacial score (nSPS) is 29.1. The van der Waals surface area contributed by atoms with Gasteiger partial charge in [0.2, 0.25) is 5.91 Å². The Morgan fingerprint density at radius 2 is 2.56 bits per heavy atom. The Labute approximate surface area is 86.9 Å². The topological polar surface area (TPSA) is 20.3 Å². The molecule has 0 N–H and O–H groups in total. The van der Waals surface area contributed by atoms with Crippen LogP contribution in [-0.2, 0) is 4.79 Å². The summed E-state index contributed by atoms with van der Waals surface area (Å²) < 4.78 is 0. The molecule has 1 amide bonds. The maximum atomic E-state index is 10.6. The number of nitrogens with zero attached hydrogens (tertiary/aromatic N) is 1. The van der Waals surface area contributed by atoms with Crippen molar-refractivity contribution in [3.05, 3.63) is 12.3 Å². The number of hydrogen-bond acceptors (Lipinski definition) is 1. The van der Waals surface area contributed by atoms with E-state index in [4.69, 9.17) is 0 Å². The average Bonchev–Trinajstić information content (AvgIpc) is 2.09. The van der Waals surface area contributed by atoms with E-state index in [0.29, 0.717) is 6.04 Å². The summed E-state index contributed by atoms with van der Waals surface area (Å²) in [5.74, 6) is 0.281. The largest absolute Gasteiger partial charge is 2.00 e. The van der Waals surface area contributed by atoms with Crippen molar-refractivity contribution in [2.45, 2.75) is 18.9 Å². The molecule has 2 heterocycles. The Morgan fingerprint density at radius 1 is 1.78 bits per heavy atom. The van der Waals surface area contributed by atoms with Crippen LogP contribution in [0.5, 0.6) is 0 Å². The van der Waals surface area contributed by atoms with Crippen molar-refractivity contribution in [1.29, 1.82) is 0 Å². The van der Waals surface area contributed by atoms with Crippen LogP contribution in [-0.4, -0.2) is 54.6 Å². The van der Waals surface area contributed by atoms with E-state index in [2.05, 4.69) is 6.08 Å². The second kappa shape index (κ2) is 2.60. The van der Waals surface area contributed by atoms with E-state index in [1.54, 1.807) is 4.90 Å². The van der Waals surface area contributed by atoms with Crippen LogP contribution in [0.15, 0.2) is 12.3 Å². The quantitative estimate of drug-likeness (QED) is 0.361. The fourth-order valence-corrected chi connectivity index (χ4v) is 1.23. The van der Waals surface area contributed by atoms with Gasteiger partial charge in [-0.1, -0.05) is 6.08 Å². The van der Waals surface area contributed by atoms with Gasteiger partial charge in [0.05, 0.1) is 0 Å². The van der Waals surface area contributed by atoms with Gasteiger partial charge in [0.1, 0.15) is 0 Å². The molecule has 2 rings (SSSR count). The molecule has 2 aliphatic rings. The van der Waals surface area contributed by atoms with Gasteiger partial charge < -0.3 is 7.75 Å². The van der Waals surface area contributed by atoms with Crippen LogP contribution in [0.25, 0.3) is 0 Å². The van der Waals surface area contributed by atoms with E-state index in [9.17, 15) is 4.79 Å². The van der Waals surface area contributed by atoms with Gasteiger partial charge in [-0.25, -0.2) is 0 Å². The number of fused-ring (bicyclic) bond motifs is 1. The summed E-state index contributed by atoms with van der Waals surface area (Å²) in [6, 6.07) is 0.544. The fraction of sp³-hybridized carbons (Fsp3) is 0.500. The van der Waals surface area contributed by atoms with Crippen LogP contribution < -0.4 is 0 Å². The van der Waals surface area contributed by atoms with Crippen molar-refractivity contribution in [3.63, 3.8) is 0 Å². The minimum Gasteiger partial charge on any atom is -1.00 e. The molecule has 1 atom stereocenters. The summed E-state index contributed by atoms with van der Waals surface area (Å²) in [5, 5.41) is 0. The van der Waals surface area contributed by atoms with Gasteiger partial charge in [-0.15, -0.1) is 0 Å². The van der Waals surface area contributed by atoms with Crippen LogP contribution in [0.4, 0.5) is 0 Å². The Kier molecular flexibility index (Phi) is 2.19. The second-order valence-corrected chi connectivity index (χ2v) is 2.28. The van der Waals surface area contributed by atoms with Gasteiger partial charge in [-0.2, -0.15) is 0 Å². The van der Waals surface area contributed by atoms with Crippen molar-refractivity contribution in [3.8, 4) is 0 Å². The summed E-state index contributed by atoms with van der Waals surface area (Å²) >= 11 is 0. The SMILES string of the molecule is O=C1CC2CC=CN12.[Ca+2].[H-].[H-]. The first-order chi connectivity index (χ1) is 3.88. The third-order valence-corrected chi connectivity index (χ3v) is 1.77. The third-order valence-electron chi connectivity index (χ3n) is 1.77. The number of hydrogen-bond donors (Lipinski definition) is 0. The zero-order valence-corrected chi connectivity index (χ0v) is 7.42. The number of carbonyl (C=O) groups is 1. The Hall–Kier alpha value is 0.470. The van der Waals surface area contributed by atoms with E-state index in [-0.39, 0.29) is 46.5 Å². The molecule has 0 spiro atoms. The summed E-state index contributed by atoms with van der Waals surface area (Å²) in [6.45, 7) is 0. The van der Waals surface area contributed by atoms with Crippen LogP contribution in [0.3, 0.4) is 0 Å². The Bertz CT molecular complexity index is 174. The van der Waals surface area contributed by atoms with E-state index in [1.807, 2.05) is 6.20 Å². The molecule has 1 unspecified atom stereocenters. The van der Waals surface area contributed by atoms with Crippen LogP contribution in [0, 0.1) is 0 Å². The number of carbonyl (C=O) groups excluding carboxylic acids is 1. The van der Waals surface area contributed by atoms with Gasteiger partial charge in [-0.3, -0.25) is 4.79 Å². The molecule has 9 heavy (non-hydrogen) atoms. The molecular formula is C6H9CaNO. The summed E-state index contributed by atoms with van der Waals surface area (Å²) in [7, 11) is 0. The zero-order valence-electron chi connectivity index (χ0n) is 7.21. The summed E-state index contributed by atoms with van der Waals surface area (Å²) in [4.78, 5) is 12.4. The van der Waals surface area contributed by atoms with Crippen molar-refractivity contribution in [2.75, 3.05) is 0 Å². The van der Waals surface area contributed by atoms with Crippen molar-refractivity contribution in [2.24, 2.45) is 0 Å². The van der Waals surface area contributed by atoms with Gasteiger partial charge in [-0.05, 0) is 6.42 Å². The molecule has 1 saturated heterocycles. The van der Waals surface area contributed by atoms with Crippen molar-refractivity contribution >= 4 is 43.6 Å². The average molecular weight is 151 g/mol. The van der Waals surface area contributed by atoms with Crippen molar-refractivity contribution < 1.29 is 7.65 Å². The molecule has 0 aliphatic carbocycles. The Morgan fingerprint density at radius 3 is 3.00 bits per heavy atom. The third kappa shape index (κ3) is 1.04. The molecule has 3 heteroatoms. The molecule has 46 valence electrons. The van der Waals surface area contributed by atoms with Gasteiger partial charge in [0, 0.05) is 18.7 Å². The smallest absolute Gasteiger partial charge is 1.00 e. The second-order valence-electron chi connectivity index (χ2n) is 2.28. The van der Waals surface area contributed by atoms with E-state index in [1.165, 1.54) is 0 Å². The molecule has 0 radical (unpaired) electrons. The van der Waals surface area contributed by atoms with Crippen LogP contribution in [0.1, 0.15) is 15.7 Å². The number of β-lactam (4-membered cyclic amide) rings is 1. The molecule has 0 aromatic heterocycles. The standard InChI is InChI=1S/C6H7NO.Ca.2H/c8-6-4-5-2-1-3-7(5)6;;;/h1,3,5H,2,4H2;;;/q;+2;2*-1. The minimum atomic E-state index is 0. The summed E-state index contributed by atoms with van der Waals surface area (Å²) in [6.07, 6.45) is 5.78. The predicted molar refractivity (Wildman–Crippen MR) is 37.0 cm³/mol. The maximum Gasteiger partial charge on any atom is 2.00 e. The van der Waals surface area contributed by atoms with E-state index < -0.39 is 0 Å². The maximum absolute atomic E-state index is 10.6. The molecule has 2 nitrogen and oxygen atoms in total. The molecular weight excluding hydrogens is 142 g/mol. The van der Waals surface area contributed by atoms with E-state index >= 15 is 0 Å².